The molecule has 0 saturated carbocycles. The van der Waals surface area contributed by atoms with Gasteiger partial charge in [-0.05, 0) is 44.5 Å². The van der Waals surface area contributed by atoms with Crippen LogP contribution in [0.15, 0.2) is 24.3 Å². The number of carbonyl (C=O) groups excluding carboxylic acids is 2. The molecule has 26 heavy (non-hydrogen) atoms. The van der Waals surface area contributed by atoms with Gasteiger partial charge in [0.1, 0.15) is 0 Å². The molecule has 138 valence electrons. The van der Waals surface area contributed by atoms with Gasteiger partial charge in [0, 0.05) is 23.2 Å². The number of hydrogen-bond acceptors (Lipinski definition) is 4. The first-order valence-electron chi connectivity index (χ1n) is 7.84. The molecule has 1 amide bonds. The largest absolute Gasteiger partial charge is 0.449 e. The van der Waals surface area contributed by atoms with Gasteiger partial charge in [-0.2, -0.15) is 5.10 Å². The number of benzene rings is 1. The molecule has 8 heteroatoms. The van der Waals surface area contributed by atoms with Crippen LogP contribution in [0.2, 0.25) is 10.0 Å². The summed E-state index contributed by atoms with van der Waals surface area (Å²) in [6, 6.07) is 4.91. The number of halogens is 2. The van der Waals surface area contributed by atoms with Crippen LogP contribution in [0, 0.1) is 13.8 Å². The molecular formula is C18H19Cl2N3O3. The Morgan fingerprint density at radius 3 is 2.58 bits per heavy atom. The van der Waals surface area contributed by atoms with E-state index in [1.807, 2.05) is 6.92 Å². The molecule has 1 N–H and O–H groups in total. The Balaban J connectivity index is 1.97. The van der Waals surface area contributed by atoms with Crippen LogP contribution in [-0.2, 0) is 21.4 Å². The molecule has 0 radical (unpaired) electrons. The quantitative estimate of drug-likeness (QED) is 0.614. The van der Waals surface area contributed by atoms with Gasteiger partial charge in [-0.3, -0.25) is 9.48 Å². The number of aromatic nitrogens is 2. The second-order valence-corrected chi connectivity index (χ2v) is 6.58. The summed E-state index contributed by atoms with van der Waals surface area (Å²) in [5.41, 5.74) is 2.73. The zero-order valence-electron chi connectivity index (χ0n) is 14.8. The van der Waals surface area contributed by atoms with Crippen molar-refractivity contribution in [3.8, 4) is 0 Å². The normalized spacial score (nSPS) is 12.2. The second kappa shape index (κ2) is 8.38. The third-order valence-electron chi connectivity index (χ3n) is 3.78. The first kappa shape index (κ1) is 20.0. The first-order chi connectivity index (χ1) is 12.2. The molecule has 1 aromatic heterocycles. The molecule has 2 rings (SSSR count). The van der Waals surface area contributed by atoms with Gasteiger partial charge in [0.15, 0.2) is 6.10 Å². The maximum atomic E-state index is 12.2. The van der Waals surface area contributed by atoms with Gasteiger partial charge in [-0.25, -0.2) is 4.79 Å². The van der Waals surface area contributed by atoms with E-state index in [0.717, 1.165) is 5.69 Å². The average molecular weight is 396 g/mol. The van der Waals surface area contributed by atoms with E-state index in [1.54, 1.807) is 36.9 Å². The fraction of sp³-hybridized carbons (Fsp3) is 0.278. The van der Waals surface area contributed by atoms with Gasteiger partial charge in [-0.1, -0.05) is 29.3 Å². The van der Waals surface area contributed by atoms with Gasteiger partial charge >= 0.3 is 5.97 Å². The highest BCUT2D eigenvalue weighted by Gasteiger charge is 2.20. The molecule has 1 heterocycles. The standard InChI is InChI=1S/C18H19Cl2N3O3/c1-10-17(11(2)23(4)22-10)21-18(25)12(3)26-16(24)8-6-13-5-7-14(19)9-15(13)20/h5-9,12H,1-4H3,(H,21,25)/b8-6+/t12-/m1/s1. The van der Waals surface area contributed by atoms with Gasteiger partial charge in [-0.15, -0.1) is 0 Å². The number of carbonyl (C=O) groups is 2. The summed E-state index contributed by atoms with van der Waals surface area (Å²) < 4.78 is 6.79. The van der Waals surface area contributed by atoms with Crippen LogP contribution in [0.5, 0.6) is 0 Å². The number of nitrogens with zero attached hydrogens (tertiary/aromatic N) is 2. The van der Waals surface area contributed by atoms with Crippen LogP contribution in [-0.4, -0.2) is 27.8 Å². The highest BCUT2D eigenvalue weighted by atomic mass is 35.5. The Hall–Kier alpha value is -2.31. The van der Waals surface area contributed by atoms with Gasteiger partial charge in [0.25, 0.3) is 5.91 Å². The second-order valence-electron chi connectivity index (χ2n) is 5.74. The molecule has 2 aromatic rings. The van der Waals surface area contributed by atoms with E-state index < -0.39 is 18.0 Å². The summed E-state index contributed by atoms with van der Waals surface area (Å²) in [5, 5.41) is 7.87. The van der Waals surface area contributed by atoms with Crippen molar-refractivity contribution >= 4 is 46.8 Å². The van der Waals surface area contributed by atoms with Crippen LogP contribution in [0.25, 0.3) is 6.08 Å². The highest BCUT2D eigenvalue weighted by molar-refractivity contribution is 6.35. The molecule has 6 nitrogen and oxygen atoms in total. The Labute approximate surface area is 161 Å². The summed E-state index contributed by atoms with van der Waals surface area (Å²) >= 11 is 11.9. The van der Waals surface area contributed by atoms with Crippen LogP contribution in [0.3, 0.4) is 0 Å². The number of rotatable bonds is 5. The predicted molar refractivity (Wildman–Crippen MR) is 102 cm³/mol. The summed E-state index contributed by atoms with van der Waals surface area (Å²) in [6.45, 7) is 5.13. The van der Waals surface area contributed by atoms with E-state index in [-0.39, 0.29) is 0 Å². The topological polar surface area (TPSA) is 73.2 Å². The van der Waals surface area contributed by atoms with Crippen molar-refractivity contribution < 1.29 is 14.3 Å². The summed E-state index contributed by atoms with van der Waals surface area (Å²) in [4.78, 5) is 24.2. The lowest BCUT2D eigenvalue weighted by molar-refractivity contribution is -0.148. The van der Waals surface area contributed by atoms with Crippen LogP contribution >= 0.6 is 23.2 Å². The van der Waals surface area contributed by atoms with Crippen molar-refractivity contribution in [3.05, 3.63) is 51.3 Å². The number of hydrogen-bond donors (Lipinski definition) is 1. The number of nitrogens with one attached hydrogen (secondary N) is 1. The van der Waals surface area contributed by atoms with E-state index in [0.29, 0.717) is 27.0 Å². The number of ether oxygens (including phenoxy) is 1. The minimum Gasteiger partial charge on any atom is -0.449 e. The van der Waals surface area contributed by atoms with Gasteiger partial charge in [0.2, 0.25) is 0 Å². The lowest BCUT2D eigenvalue weighted by atomic mass is 10.2. The monoisotopic (exact) mass is 395 g/mol. The third kappa shape index (κ3) is 4.86. The molecule has 0 bridgehead atoms. The molecule has 0 fully saturated rings. The maximum absolute atomic E-state index is 12.2. The lowest BCUT2D eigenvalue weighted by Gasteiger charge is -2.12. The lowest BCUT2D eigenvalue weighted by Crippen LogP contribution is -2.29. The molecule has 0 aliphatic heterocycles. The van der Waals surface area contributed by atoms with Gasteiger partial charge < -0.3 is 10.1 Å². The van der Waals surface area contributed by atoms with E-state index in [2.05, 4.69) is 10.4 Å². The Kier molecular flexibility index (Phi) is 6.45. The third-order valence-corrected chi connectivity index (χ3v) is 4.34. The van der Waals surface area contributed by atoms with Crippen molar-refractivity contribution in [2.45, 2.75) is 26.9 Å². The van der Waals surface area contributed by atoms with E-state index in [9.17, 15) is 9.59 Å². The minimum atomic E-state index is -0.966. The minimum absolute atomic E-state index is 0.412. The Morgan fingerprint density at radius 1 is 1.31 bits per heavy atom. The predicted octanol–water partition coefficient (Wildman–Crippen LogP) is 3.93. The van der Waals surface area contributed by atoms with Crippen LogP contribution in [0.4, 0.5) is 5.69 Å². The van der Waals surface area contributed by atoms with Crippen LogP contribution in [0.1, 0.15) is 23.9 Å². The van der Waals surface area contributed by atoms with Gasteiger partial charge in [0.05, 0.1) is 17.1 Å². The van der Waals surface area contributed by atoms with Crippen molar-refractivity contribution in [1.29, 1.82) is 0 Å². The average Bonchev–Trinajstić information content (AvgIpc) is 2.80. The zero-order valence-corrected chi connectivity index (χ0v) is 16.4. The smallest absolute Gasteiger partial charge is 0.331 e. The zero-order chi connectivity index (χ0) is 19.4. The van der Waals surface area contributed by atoms with Crippen molar-refractivity contribution in [3.63, 3.8) is 0 Å². The summed E-state index contributed by atoms with van der Waals surface area (Å²) in [6.07, 6.45) is 1.74. The number of amides is 1. The maximum Gasteiger partial charge on any atom is 0.331 e. The van der Waals surface area contributed by atoms with Crippen molar-refractivity contribution in [1.82, 2.24) is 9.78 Å². The van der Waals surface area contributed by atoms with E-state index >= 15 is 0 Å². The molecule has 0 aliphatic carbocycles. The molecule has 0 spiro atoms. The van der Waals surface area contributed by atoms with E-state index in [1.165, 1.54) is 19.1 Å². The Bertz CT molecular complexity index is 875. The van der Waals surface area contributed by atoms with E-state index in [4.69, 9.17) is 27.9 Å². The van der Waals surface area contributed by atoms with Crippen LogP contribution < -0.4 is 5.32 Å². The van der Waals surface area contributed by atoms with Crippen molar-refractivity contribution in [2.75, 3.05) is 5.32 Å². The number of anilines is 1. The molecule has 0 aliphatic rings. The molecular weight excluding hydrogens is 377 g/mol. The first-order valence-corrected chi connectivity index (χ1v) is 8.59. The highest BCUT2D eigenvalue weighted by Crippen LogP contribution is 2.22. The fourth-order valence-electron chi connectivity index (χ4n) is 2.24. The summed E-state index contributed by atoms with van der Waals surface area (Å²) in [7, 11) is 1.79. The molecule has 1 aromatic carbocycles. The molecule has 1 atom stereocenters. The Morgan fingerprint density at radius 2 is 2.00 bits per heavy atom. The molecule has 0 unspecified atom stereocenters. The van der Waals surface area contributed by atoms with Crippen molar-refractivity contribution in [2.24, 2.45) is 7.05 Å². The number of aryl methyl sites for hydroxylation is 2. The number of esters is 1. The summed E-state index contributed by atoms with van der Waals surface area (Å²) in [5.74, 6) is -1.09. The molecule has 0 saturated heterocycles. The SMILES string of the molecule is Cc1nn(C)c(C)c1NC(=O)[C@@H](C)OC(=O)/C=C/c1ccc(Cl)cc1Cl. The fourth-order valence-corrected chi connectivity index (χ4v) is 2.71.